The number of aryl methyl sites for hydroxylation is 2. The molecule has 0 saturated carbocycles. The Bertz CT molecular complexity index is 563. The van der Waals surface area contributed by atoms with E-state index in [2.05, 4.69) is 65.6 Å². The van der Waals surface area contributed by atoms with Crippen molar-refractivity contribution in [3.63, 3.8) is 0 Å². The molecule has 1 atom stereocenters. The summed E-state index contributed by atoms with van der Waals surface area (Å²) in [5.74, 6) is 1.49. The average molecular weight is 270 g/mol. The standard InChI is InChI=1S/C16H22N4/c1-5-12(3)17-16-18-13(4)10-15(20-16)19-14-8-6-11(2)7-9-14/h6-10,12H,5H2,1-4H3,(H2,17,18,19,20). The van der Waals surface area contributed by atoms with E-state index in [9.17, 15) is 0 Å². The van der Waals surface area contributed by atoms with E-state index in [1.165, 1.54) is 5.56 Å². The van der Waals surface area contributed by atoms with Gasteiger partial charge >= 0.3 is 0 Å². The first-order chi connectivity index (χ1) is 9.56. The molecule has 0 amide bonds. The van der Waals surface area contributed by atoms with Crippen LogP contribution in [-0.2, 0) is 0 Å². The highest BCUT2D eigenvalue weighted by atomic mass is 15.2. The SMILES string of the molecule is CCC(C)Nc1nc(C)cc(Nc2ccc(C)cc2)n1. The first-order valence-electron chi connectivity index (χ1n) is 7.02. The fourth-order valence-corrected chi connectivity index (χ4v) is 1.80. The Hall–Kier alpha value is -2.10. The molecule has 0 aliphatic rings. The van der Waals surface area contributed by atoms with E-state index >= 15 is 0 Å². The van der Waals surface area contributed by atoms with Crippen molar-refractivity contribution < 1.29 is 0 Å². The van der Waals surface area contributed by atoms with Gasteiger partial charge in [-0.05, 0) is 39.3 Å². The molecule has 2 rings (SSSR count). The molecule has 0 aliphatic carbocycles. The Morgan fingerprint density at radius 3 is 2.45 bits per heavy atom. The maximum Gasteiger partial charge on any atom is 0.225 e. The summed E-state index contributed by atoms with van der Waals surface area (Å²) in [6.45, 7) is 8.31. The average Bonchev–Trinajstić information content (AvgIpc) is 2.40. The van der Waals surface area contributed by atoms with Crippen LogP contribution in [0.4, 0.5) is 17.5 Å². The maximum atomic E-state index is 4.51. The molecule has 1 unspecified atom stereocenters. The maximum absolute atomic E-state index is 4.51. The van der Waals surface area contributed by atoms with Crippen LogP contribution in [-0.4, -0.2) is 16.0 Å². The normalized spacial score (nSPS) is 12.0. The van der Waals surface area contributed by atoms with Gasteiger partial charge in [0.2, 0.25) is 5.95 Å². The molecule has 1 heterocycles. The van der Waals surface area contributed by atoms with Gasteiger partial charge in [0.15, 0.2) is 0 Å². The molecular formula is C16H22N4. The summed E-state index contributed by atoms with van der Waals surface area (Å²) in [6.07, 6.45) is 1.04. The molecule has 4 nitrogen and oxygen atoms in total. The Kier molecular flexibility index (Phi) is 4.56. The number of hydrogen-bond acceptors (Lipinski definition) is 4. The lowest BCUT2D eigenvalue weighted by molar-refractivity contribution is 0.752. The van der Waals surface area contributed by atoms with Gasteiger partial charge in [-0.2, -0.15) is 4.98 Å². The highest BCUT2D eigenvalue weighted by molar-refractivity contribution is 5.57. The first kappa shape index (κ1) is 14.3. The number of anilines is 3. The van der Waals surface area contributed by atoms with Gasteiger partial charge in [-0.15, -0.1) is 0 Å². The van der Waals surface area contributed by atoms with Crippen LogP contribution in [0.2, 0.25) is 0 Å². The third-order valence-electron chi connectivity index (χ3n) is 3.17. The van der Waals surface area contributed by atoms with E-state index in [4.69, 9.17) is 0 Å². The first-order valence-corrected chi connectivity index (χ1v) is 7.02. The molecular weight excluding hydrogens is 248 g/mol. The minimum atomic E-state index is 0.365. The molecule has 0 radical (unpaired) electrons. The summed E-state index contributed by atoms with van der Waals surface area (Å²) in [6, 6.07) is 10.6. The summed E-state index contributed by atoms with van der Waals surface area (Å²) in [4.78, 5) is 8.92. The smallest absolute Gasteiger partial charge is 0.225 e. The van der Waals surface area contributed by atoms with Crippen LogP contribution in [0.5, 0.6) is 0 Å². The van der Waals surface area contributed by atoms with Gasteiger partial charge in [0.25, 0.3) is 0 Å². The minimum absolute atomic E-state index is 0.365. The van der Waals surface area contributed by atoms with Crippen LogP contribution >= 0.6 is 0 Å². The van der Waals surface area contributed by atoms with Crippen molar-refractivity contribution in [2.45, 2.75) is 40.2 Å². The summed E-state index contributed by atoms with van der Waals surface area (Å²) in [5.41, 5.74) is 3.22. The highest BCUT2D eigenvalue weighted by Gasteiger charge is 2.05. The second-order valence-electron chi connectivity index (χ2n) is 5.16. The van der Waals surface area contributed by atoms with Crippen molar-refractivity contribution in [3.8, 4) is 0 Å². The predicted octanol–water partition coefficient (Wildman–Crippen LogP) is 4.05. The van der Waals surface area contributed by atoms with Crippen molar-refractivity contribution in [3.05, 3.63) is 41.6 Å². The largest absolute Gasteiger partial charge is 0.352 e. The fourth-order valence-electron chi connectivity index (χ4n) is 1.80. The van der Waals surface area contributed by atoms with Crippen LogP contribution < -0.4 is 10.6 Å². The lowest BCUT2D eigenvalue weighted by Gasteiger charge is -2.13. The monoisotopic (exact) mass is 270 g/mol. The van der Waals surface area contributed by atoms with Crippen LogP contribution in [0.15, 0.2) is 30.3 Å². The van der Waals surface area contributed by atoms with E-state index in [1.54, 1.807) is 0 Å². The molecule has 4 heteroatoms. The van der Waals surface area contributed by atoms with Gasteiger partial charge in [0.1, 0.15) is 5.82 Å². The molecule has 0 spiro atoms. The molecule has 2 aromatic rings. The topological polar surface area (TPSA) is 49.8 Å². The Balaban J connectivity index is 2.17. The number of nitrogens with zero attached hydrogens (tertiary/aromatic N) is 2. The Morgan fingerprint density at radius 2 is 1.80 bits per heavy atom. The fraction of sp³-hybridized carbons (Fsp3) is 0.375. The van der Waals surface area contributed by atoms with Crippen molar-refractivity contribution in [2.75, 3.05) is 10.6 Å². The van der Waals surface area contributed by atoms with Gasteiger partial charge < -0.3 is 10.6 Å². The number of hydrogen-bond donors (Lipinski definition) is 2. The van der Waals surface area contributed by atoms with Crippen LogP contribution in [0, 0.1) is 13.8 Å². The van der Waals surface area contributed by atoms with E-state index < -0.39 is 0 Å². The van der Waals surface area contributed by atoms with Crippen LogP contribution in [0.25, 0.3) is 0 Å². The zero-order chi connectivity index (χ0) is 14.5. The van der Waals surface area contributed by atoms with Gasteiger partial charge in [-0.1, -0.05) is 24.6 Å². The van der Waals surface area contributed by atoms with Gasteiger partial charge in [0, 0.05) is 23.5 Å². The number of benzene rings is 1. The van der Waals surface area contributed by atoms with Crippen LogP contribution in [0.1, 0.15) is 31.5 Å². The van der Waals surface area contributed by atoms with Crippen molar-refractivity contribution in [1.82, 2.24) is 9.97 Å². The zero-order valence-corrected chi connectivity index (χ0v) is 12.6. The zero-order valence-electron chi connectivity index (χ0n) is 12.6. The van der Waals surface area contributed by atoms with Crippen molar-refractivity contribution >= 4 is 17.5 Å². The summed E-state index contributed by atoms with van der Waals surface area (Å²) >= 11 is 0. The summed E-state index contributed by atoms with van der Waals surface area (Å²) < 4.78 is 0. The molecule has 0 fully saturated rings. The second-order valence-corrected chi connectivity index (χ2v) is 5.16. The molecule has 0 aliphatic heterocycles. The lowest BCUT2D eigenvalue weighted by Crippen LogP contribution is -2.16. The lowest BCUT2D eigenvalue weighted by atomic mass is 10.2. The van der Waals surface area contributed by atoms with Gasteiger partial charge in [0.05, 0.1) is 0 Å². The van der Waals surface area contributed by atoms with E-state index in [-0.39, 0.29) is 0 Å². The van der Waals surface area contributed by atoms with E-state index in [0.29, 0.717) is 12.0 Å². The van der Waals surface area contributed by atoms with Crippen molar-refractivity contribution in [2.24, 2.45) is 0 Å². The number of aromatic nitrogens is 2. The quantitative estimate of drug-likeness (QED) is 0.860. The highest BCUT2D eigenvalue weighted by Crippen LogP contribution is 2.17. The Morgan fingerprint density at radius 1 is 1.10 bits per heavy atom. The number of nitrogens with one attached hydrogen (secondary N) is 2. The van der Waals surface area contributed by atoms with E-state index in [1.807, 2.05) is 13.0 Å². The molecule has 2 N–H and O–H groups in total. The number of rotatable bonds is 5. The molecule has 1 aromatic heterocycles. The van der Waals surface area contributed by atoms with Gasteiger partial charge in [-0.3, -0.25) is 0 Å². The van der Waals surface area contributed by atoms with E-state index in [0.717, 1.165) is 23.6 Å². The molecule has 106 valence electrons. The molecule has 1 aromatic carbocycles. The Labute approximate surface area is 120 Å². The summed E-state index contributed by atoms with van der Waals surface area (Å²) in [5, 5.41) is 6.62. The molecule has 0 saturated heterocycles. The molecule has 0 bridgehead atoms. The van der Waals surface area contributed by atoms with Crippen molar-refractivity contribution in [1.29, 1.82) is 0 Å². The van der Waals surface area contributed by atoms with Crippen LogP contribution in [0.3, 0.4) is 0 Å². The second kappa shape index (κ2) is 6.37. The molecule has 20 heavy (non-hydrogen) atoms. The predicted molar refractivity (Wildman–Crippen MR) is 84.6 cm³/mol. The van der Waals surface area contributed by atoms with Gasteiger partial charge in [-0.25, -0.2) is 4.98 Å². The third-order valence-corrected chi connectivity index (χ3v) is 3.17. The summed E-state index contributed by atoms with van der Waals surface area (Å²) in [7, 11) is 0. The minimum Gasteiger partial charge on any atom is -0.352 e. The third kappa shape index (κ3) is 3.95.